The van der Waals surface area contributed by atoms with Crippen molar-refractivity contribution >= 4 is 21.3 Å². The predicted molar refractivity (Wildman–Crippen MR) is 147 cm³/mol. The molecule has 0 radical (unpaired) electrons. The van der Waals surface area contributed by atoms with Gasteiger partial charge in [-0.1, -0.05) is 6.07 Å². The van der Waals surface area contributed by atoms with Crippen molar-refractivity contribution in [3.05, 3.63) is 84.6 Å². The van der Waals surface area contributed by atoms with E-state index in [1.54, 1.807) is 24.5 Å². The van der Waals surface area contributed by atoms with Crippen LogP contribution in [-0.4, -0.2) is 48.9 Å². The normalized spacial score (nSPS) is 18.1. The number of aromatic nitrogens is 3. The van der Waals surface area contributed by atoms with E-state index in [4.69, 9.17) is 5.10 Å². The molecule has 2 aromatic heterocycles. The fourth-order valence-electron chi connectivity index (χ4n) is 5.23. The van der Waals surface area contributed by atoms with Gasteiger partial charge in [0.05, 0.1) is 26.3 Å². The van der Waals surface area contributed by atoms with E-state index in [0.717, 1.165) is 61.3 Å². The van der Waals surface area contributed by atoms with Crippen LogP contribution in [0.5, 0.6) is 0 Å². The molecule has 6 rings (SSSR count). The molecule has 1 N–H and O–H groups in total. The maximum absolute atomic E-state index is 16.0. The lowest BCUT2D eigenvalue weighted by atomic mass is 10.0. The lowest BCUT2D eigenvalue weighted by Gasteiger charge is -2.32. The molecular formula is C29H28F3N5OS. The third-order valence-corrected chi connectivity index (χ3v) is 9.01. The minimum absolute atomic E-state index is 0.149. The first-order chi connectivity index (χ1) is 18.8. The van der Waals surface area contributed by atoms with Crippen LogP contribution in [0.3, 0.4) is 0 Å². The molecule has 1 saturated heterocycles. The maximum Gasteiger partial charge on any atom is 0.156 e. The van der Waals surface area contributed by atoms with Crippen LogP contribution in [0, 0.1) is 17.5 Å². The molecule has 1 aliphatic heterocycles. The fraction of sp³-hybridized carbons (Fsp3) is 0.276. The third-order valence-electron chi connectivity index (χ3n) is 7.44. The highest BCUT2D eigenvalue weighted by molar-refractivity contribution is 8.01. The van der Waals surface area contributed by atoms with Gasteiger partial charge in [0, 0.05) is 48.8 Å². The Labute approximate surface area is 225 Å². The van der Waals surface area contributed by atoms with Crippen molar-refractivity contribution in [1.29, 1.82) is 0 Å². The van der Waals surface area contributed by atoms with Crippen LogP contribution >= 0.6 is 0 Å². The summed E-state index contributed by atoms with van der Waals surface area (Å²) < 4.78 is 61.9. The Bertz CT molecular complexity index is 1610. The number of halogens is 3. The summed E-state index contributed by atoms with van der Waals surface area (Å²) in [6, 6.07) is 11.8. The summed E-state index contributed by atoms with van der Waals surface area (Å²) in [6.07, 6.45) is 9.76. The number of piperidine rings is 1. The number of nitrogens with one attached hydrogen (secondary N) is 1. The average Bonchev–Trinajstić information content (AvgIpc) is 3.70. The van der Waals surface area contributed by atoms with Crippen molar-refractivity contribution < 1.29 is 17.4 Å². The molecule has 1 unspecified atom stereocenters. The summed E-state index contributed by atoms with van der Waals surface area (Å²) in [4.78, 5) is 6.17. The first-order valence-corrected chi connectivity index (χ1v) is 14.7. The van der Waals surface area contributed by atoms with Gasteiger partial charge in [0.1, 0.15) is 17.3 Å². The van der Waals surface area contributed by atoms with E-state index in [1.165, 1.54) is 18.9 Å². The lowest BCUT2D eigenvalue weighted by molar-refractivity contribution is 0.172. The van der Waals surface area contributed by atoms with Gasteiger partial charge in [-0.3, -0.25) is 9.67 Å². The molecule has 0 spiro atoms. The molecule has 2 aromatic carbocycles. The molecular weight excluding hydrogens is 523 g/mol. The zero-order chi connectivity index (χ0) is 27.1. The molecule has 2 aliphatic rings. The summed E-state index contributed by atoms with van der Waals surface area (Å²) in [5.74, 6) is 1.17. The van der Waals surface area contributed by atoms with Crippen LogP contribution in [0.4, 0.5) is 18.9 Å². The Hall–Kier alpha value is -3.63. The molecule has 1 atom stereocenters. The number of anilines is 1. The molecule has 4 aromatic rings. The number of pyridine rings is 1. The highest BCUT2D eigenvalue weighted by Gasteiger charge is 2.33. The summed E-state index contributed by atoms with van der Waals surface area (Å²) in [5.41, 5.74) is 2.05. The van der Waals surface area contributed by atoms with Crippen LogP contribution in [0.2, 0.25) is 0 Å². The van der Waals surface area contributed by atoms with Crippen LogP contribution in [0.1, 0.15) is 31.7 Å². The van der Waals surface area contributed by atoms with Gasteiger partial charge in [0.2, 0.25) is 0 Å². The minimum atomic E-state index is -3.61. The third kappa shape index (κ3) is 5.18. The highest BCUT2D eigenvalue weighted by atomic mass is 32.2. The van der Waals surface area contributed by atoms with Gasteiger partial charge in [-0.05, 0) is 79.6 Å². The van der Waals surface area contributed by atoms with Gasteiger partial charge >= 0.3 is 0 Å². The number of likely N-dealkylation sites (tertiary alicyclic amines) is 1. The Morgan fingerprint density at radius 3 is 2.38 bits per heavy atom. The lowest BCUT2D eigenvalue weighted by Crippen LogP contribution is -2.36. The quantitative estimate of drug-likeness (QED) is 0.289. The molecule has 1 saturated carbocycles. The van der Waals surface area contributed by atoms with E-state index in [2.05, 4.69) is 20.5 Å². The molecule has 1 aliphatic carbocycles. The summed E-state index contributed by atoms with van der Waals surface area (Å²) in [6.45, 7) is 2.02. The SMILES string of the molecule is C=S(=O)(Nc1cccc(-c2nn(C3CCN(C4CC4)CC3)cc2-c2ccncc2)c1F)c1cc(F)ccc1F. The zero-order valence-electron chi connectivity index (χ0n) is 21.2. The Kier molecular flexibility index (Phi) is 6.68. The van der Waals surface area contributed by atoms with Crippen LogP contribution in [-0.2, 0) is 9.71 Å². The second-order valence-corrected chi connectivity index (χ2v) is 12.1. The maximum atomic E-state index is 16.0. The molecule has 202 valence electrons. The number of nitrogens with zero attached hydrogens (tertiary/aromatic N) is 4. The number of hydrogen-bond acceptors (Lipinski definition) is 4. The van der Waals surface area contributed by atoms with E-state index in [-0.39, 0.29) is 17.3 Å². The first kappa shape index (κ1) is 25.6. The average molecular weight is 552 g/mol. The van der Waals surface area contributed by atoms with Crippen molar-refractivity contribution in [1.82, 2.24) is 19.7 Å². The van der Waals surface area contributed by atoms with Crippen LogP contribution in [0.15, 0.2) is 72.0 Å². The minimum Gasteiger partial charge on any atom is -0.306 e. The van der Waals surface area contributed by atoms with E-state index in [1.807, 2.05) is 23.0 Å². The van der Waals surface area contributed by atoms with Gasteiger partial charge in [-0.15, -0.1) is 0 Å². The van der Waals surface area contributed by atoms with E-state index < -0.39 is 32.1 Å². The molecule has 2 fully saturated rings. The summed E-state index contributed by atoms with van der Waals surface area (Å²) in [7, 11) is -3.61. The molecule has 10 heteroatoms. The smallest absolute Gasteiger partial charge is 0.156 e. The fourth-order valence-corrected chi connectivity index (χ4v) is 6.54. The van der Waals surface area contributed by atoms with Gasteiger partial charge in [0.25, 0.3) is 0 Å². The van der Waals surface area contributed by atoms with Crippen LogP contribution in [0.25, 0.3) is 22.4 Å². The highest BCUT2D eigenvalue weighted by Crippen LogP contribution is 2.38. The predicted octanol–water partition coefficient (Wildman–Crippen LogP) is 5.93. The van der Waals surface area contributed by atoms with Gasteiger partial charge in [-0.2, -0.15) is 5.10 Å². The number of hydrogen-bond donors (Lipinski definition) is 1. The largest absolute Gasteiger partial charge is 0.306 e. The second-order valence-electron chi connectivity index (χ2n) is 10.1. The Balaban J connectivity index is 1.37. The van der Waals surface area contributed by atoms with Gasteiger partial charge in [-0.25, -0.2) is 17.4 Å². The zero-order valence-corrected chi connectivity index (χ0v) is 22.0. The van der Waals surface area contributed by atoms with Crippen molar-refractivity contribution in [2.45, 2.75) is 42.7 Å². The molecule has 0 bridgehead atoms. The van der Waals surface area contributed by atoms with Crippen molar-refractivity contribution in [3.63, 3.8) is 0 Å². The van der Waals surface area contributed by atoms with Crippen molar-refractivity contribution in [3.8, 4) is 22.4 Å². The van der Waals surface area contributed by atoms with Gasteiger partial charge in [0.15, 0.2) is 5.82 Å². The Morgan fingerprint density at radius 1 is 0.923 bits per heavy atom. The van der Waals surface area contributed by atoms with Crippen molar-refractivity contribution in [2.24, 2.45) is 0 Å². The molecule has 6 nitrogen and oxygen atoms in total. The first-order valence-electron chi connectivity index (χ1n) is 12.9. The van der Waals surface area contributed by atoms with E-state index in [0.29, 0.717) is 5.69 Å². The van der Waals surface area contributed by atoms with E-state index in [9.17, 15) is 13.0 Å². The summed E-state index contributed by atoms with van der Waals surface area (Å²) in [5, 5.41) is 4.86. The Morgan fingerprint density at radius 2 is 1.67 bits per heavy atom. The van der Waals surface area contributed by atoms with Gasteiger partial charge < -0.3 is 9.62 Å². The standard InChI is InChI=1S/C29H28F3N5OS/c1-39(38,27-17-20(30)5-8-25(27)31)35-26-4-2-3-23(28(26)32)29-24(19-9-13-33-14-10-19)18-37(34-29)22-11-15-36(16-12-22)21-6-7-21/h2-5,8-10,13-14,17-18,21-22H,1,6-7,11-12,15-16H2,(H,35,38). The number of rotatable bonds is 7. The van der Waals surface area contributed by atoms with Crippen LogP contribution < -0.4 is 4.72 Å². The molecule has 0 amide bonds. The molecule has 3 heterocycles. The topological polar surface area (TPSA) is 63.1 Å². The second kappa shape index (κ2) is 10.2. The monoisotopic (exact) mass is 551 g/mol. The van der Waals surface area contributed by atoms with E-state index >= 15 is 4.39 Å². The molecule has 39 heavy (non-hydrogen) atoms. The number of benzene rings is 2. The van der Waals surface area contributed by atoms with Crippen molar-refractivity contribution in [2.75, 3.05) is 17.8 Å². The summed E-state index contributed by atoms with van der Waals surface area (Å²) >= 11 is 0.